The summed E-state index contributed by atoms with van der Waals surface area (Å²) in [7, 11) is 0. The summed E-state index contributed by atoms with van der Waals surface area (Å²) < 4.78 is 9.30. The Morgan fingerprint density at radius 2 is 2.10 bits per heavy atom. The van der Waals surface area contributed by atoms with Crippen molar-refractivity contribution >= 4 is 78.9 Å². The SMILES string of the molecule is NC(=S)c1ccc(Nc2c(Cl)ccc3nsnc23)cc1Br. The van der Waals surface area contributed by atoms with Crippen molar-refractivity contribution in [1.82, 2.24) is 8.75 Å². The van der Waals surface area contributed by atoms with Gasteiger partial charge in [0.1, 0.15) is 16.0 Å². The molecule has 8 heteroatoms. The molecule has 0 radical (unpaired) electrons. The molecule has 0 aliphatic rings. The van der Waals surface area contributed by atoms with Crippen LogP contribution in [0.25, 0.3) is 11.0 Å². The Balaban J connectivity index is 2.03. The number of nitrogens with one attached hydrogen (secondary N) is 1. The van der Waals surface area contributed by atoms with Crippen LogP contribution in [0.3, 0.4) is 0 Å². The monoisotopic (exact) mass is 398 g/mol. The van der Waals surface area contributed by atoms with Crippen molar-refractivity contribution in [3.8, 4) is 0 Å². The zero-order valence-corrected chi connectivity index (χ0v) is 14.4. The van der Waals surface area contributed by atoms with Crippen molar-refractivity contribution in [2.45, 2.75) is 0 Å². The van der Waals surface area contributed by atoms with E-state index in [2.05, 4.69) is 30.0 Å². The van der Waals surface area contributed by atoms with E-state index in [4.69, 9.17) is 29.6 Å². The van der Waals surface area contributed by atoms with Crippen LogP contribution >= 0.6 is 51.5 Å². The molecule has 3 rings (SSSR count). The molecule has 106 valence electrons. The highest BCUT2D eigenvalue weighted by Gasteiger charge is 2.11. The second kappa shape index (κ2) is 5.84. The number of benzene rings is 2. The molecule has 0 spiro atoms. The summed E-state index contributed by atoms with van der Waals surface area (Å²) in [6.07, 6.45) is 0. The van der Waals surface area contributed by atoms with Crippen molar-refractivity contribution in [3.63, 3.8) is 0 Å². The van der Waals surface area contributed by atoms with E-state index >= 15 is 0 Å². The van der Waals surface area contributed by atoms with E-state index < -0.39 is 0 Å². The zero-order chi connectivity index (χ0) is 15.0. The van der Waals surface area contributed by atoms with Gasteiger partial charge < -0.3 is 11.1 Å². The maximum atomic E-state index is 6.25. The standard InChI is InChI=1S/C13H8BrClN4S2/c14-8-5-6(1-2-7(8)13(16)20)17-11-9(15)3-4-10-12(11)19-21-18-10/h1-5,17H,(H2,16,20). The summed E-state index contributed by atoms with van der Waals surface area (Å²) in [6.45, 7) is 0. The molecule has 1 heterocycles. The van der Waals surface area contributed by atoms with E-state index in [0.29, 0.717) is 10.0 Å². The maximum Gasteiger partial charge on any atom is 0.129 e. The maximum absolute atomic E-state index is 6.25. The number of nitrogens with zero attached hydrogens (tertiary/aromatic N) is 2. The molecule has 0 saturated heterocycles. The topological polar surface area (TPSA) is 63.8 Å². The first-order valence-corrected chi connectivity index (χ1v) is 8.14. The van der Waals surface area contributed by atoms with Gasteiger partial charge in [-0.2, -0.15) is 8.75 Å². The molecule has 3 N–H and O–H groups in total. The van der Waals surface area contributed by atoms with E-state index in [1.807, 2.05) is 24.3 Å². The lowest BCUT2D eigenvalue weighted by atomic mass is 10.2. The molecule has 0 aliphatic carbocycles. The molecular formula is C13H8BrClN4S2. The molecule has 3 aromatic rings. The smallest absolute Gasteiger partial charge is 0.129 e. The summed E-state index contributed by atoms with van der Waals surface area (Å²) in [5, 5.41) is 3.85. The van der Waals surface area contributed by atoms with Gasteiger partial charge in [0.2, 0.25) is 0 Å². The van der Waals surface area contributed by atoms with Gasteiger partial charge in [-0.05, 0) is 46.3 Å². The average Bonchev–Trinajstić information content (AvgIpc) is 2.90. The lowest BCUT2D eigenvalue weighted by molar-refractivity contribution is 1.51. The van der Waals surface area contributed by atoms with Crippen molar-refractivity contribution in [3.05, 3.63) is 45.4 Å². The number of thiocarbonyl (C=S) groups is 1. The van der Waals surface area contributed by atoms with Gasteiger partial charge in [-0.25, -0.2) is 0 Å². The Kier molecular flexibility index (Phi) is 4.08. The number of hydrogen-bond acceptors (Lipinski definition) is 5. The van der Waals surface area contributed by atoms with Gasteiger partial charge in [-0.15, -0.1) is 0 Å². The second-order valence-electron chi connectivity index (χ2n) is 4.24. The van der Waals surface area contributed by atoms with Crippen LogP contribution in [-0.4, -0.2) is 13.7 Å². The molecule has 21 heavy (non-hydrogen) atoms. The highest BCUT2D eigenvalue weighted by Crippen LogP contribution is 2.33. The number of fused-ring (bicyclic) bond motifs is 1. The van der Waals surface area contributed by atoms with Crippen LogP contribution < -0.4 is 11.1 Å². The van der Waals surface area contributed by atoms with Gasteiger partial charge in [0.05, 0.1) is 22.4 Å². The fourth-order valence-corrected chi connectivity index (χ4v) is 3.53. The first kappa shape index (κ1) is 14.6. The molecule has 1 aromatic heterocycles. The largest absolute Gasteiger partial charge is 0.389 e. The second-order valence-corrected chi connectivity index (χ2v) is 6.47. The zero-order valence-electron chi connectivity index (χ0n) is 10.4. The van der Waals surface area contributed by atoms with Crippen LogP contribution in [0, 0.1) is 0 Å². The third-order valence-electron chi connectivity index (χ3n) is 2.88. The van der Waals surface area contributed by atoms with Gasteiger partial charge in [0.25, 0.3) is 0 Å². The Hall–Kier alpha value is -1.28. The number of hydrogen-bond donors (Lipinski definition) is 2. The van der Waals surface area contributed by atoms with E-state index in [0.717, 1.165) is 44.2 Å². The van der Waals surface area contributed by atoms with E-state index in [1.165, 1.54) is 0 Å². The Labute approximate surface area is 143 Å². The van der Waals surface area contributed by atoms with Gasteiger partial charge in [-0.3, -0.25) is 0 Å². The van der Waals surface area contributed by atoms with Crippen molar-refractivity contribution < 1.29 is 0 Å². The van der Waals surface area contributed by atoms with E-state index in [1.54, 1.807) is 6.07 Å². The van der Waals surface area contributed by atoms with E-state index in [9.17, 15) is 0 Å². The van der Waals surface area contributed by atoms with Crippen LogP contribution in [0.15, 0.2) is 34.8 Å². The predicted molar refractivity (Wildman–Crippen MR) is 95.7 cm³/mol. The molecule has 2 aromatic carbocycles. The minimum absolute atomic E-state index is 0.345. The van der Waals surface area contributed by atoms with Crippen LogP contribution in [0.5, 0.6) is 0 Å². The Morgan fingerprint density at radius 1 is 1.29 bits per heavy atom. The molecule has 4 nitrogen and oxygen atoms in total. The Bertz CT molecular complexity index is 849. The van der Waals surface area contributed by atoms with Gasteiger partial charge >= 0.3 is 0 Å². The fraction of sp³-hybridized carbons (Fsp3) is 0. The molecule has 0 saturated carbocycles. The van der Waals surface area contributed by atoms with Crippen molar-refractivity contribution in [1.29, 1.82) is 0 Å². The highest BCUT2D eigenvalue weighted by molar-refractivity contribution is 9.10. The molecule has 0 unspecified atom stereocenters. The van der Waals surface area contributed by atoms with Crippen LogP contribution in [-0.2, 0) is 0 Å². The molecule has 0 fully saturated rings. The normalized spacial score (nSPS) is 10.8. The number of halogens is 2. The number of nitrogens with two attached hydrogens (primary N) is 1. The quantitative estimate of drug-likeness (QED) is 0.636. The first-order chi connectivity index (χ1) is 10.1. The van der Waals surface area contributed by atoms with Crippen LogP contribution in [0.2, 0.25) is 5.02 Å². The Morgan fingerprint density at radius 3 is 2.81 bits per heavy atom. The molecule has 0 atom stereocenters. The molecule has 0 bridgehead atoms. The summed E-state index contributed by atoms with van der Waals surface area (Å²) >= 11 is 15.8. The number of rotatable bonds is 3. The minimum atomic E-state index is 0.345. The van der Waals surface area contributed by atoms with Crippen LogP contribution in [0.1, 0.15) is 5.56 Å². The lowest BCUT2D eigenvalue weighted by Gasteiger charge is -2.11. The summed E-state index contributed by atoms with van der Waals surface area (Å²) in [4.78, 5) is 0.345. The van der Waals surface area contributed by atoms with Crippen LogP contribution in [0.4, 0.5) is 11.4 Å². The van der Waals surface area contributed by atoms with Gasteiger partial charge in [0.15, 0.2) is 0 Å². The highest BCUT2D eigenvalue weighted by atomic mass is 79.9. The van der Waals surface area contributed by atoms with Crippen molar-refractivity contribution in [2.75, 3.05) is 5.32 Å². The van der Waals surface area contributed by atoms with Crippen molar-refractivity contribution in [2.24, 2.45) is 5.73 Å². The third kappa shape index (κ3) is 2.87. The van der Waals surface area contributed by atoms with Gasteiger partial charge in [0, 0.05) is 15.7 Å². The lowest BCUT2D eigenvalue weighted by Crippen LogP contribution is -2.10. The molecular weight excluding hydrogens is 392 g/mol. The third-order valence-corrected chi connectivity index (χ3v) is 4.61. The predicted octanol–water partition coefficient (Wildman–Crippen LogP) is 4.49. The number of aromatic nitrogens is 2. The number of anilines is 2. The summed E-state index contributed by atoms with van der Waals surface area (Å²) in [5.41, 5.74) is 9.58. The van der Waals surface area contributed by atoms with Gasteiger partial charge in [-0.1, -0.05) is 23.8 Å². The minimum Gasteiger partial charge on any atom is -0.389 e. The molecule has 0 amide bonds. The summed E-state index contributed by atoms with van der Waals surface area (Å²) in [5.74, 6) is 0. The average molecular weight is 400 g/mol. The molecule has 0 aliphatic heterocycles. The van der Waals surface area contributed by atoms with E-state index in [-0.39, 0.29) is 0 Å². The fourth-order valence-electron chi connectivity index (χ4n) is 1.88. The first-order valence-electron chi connectivity index (χ1n) is 5.83. The summed E-state index contributed by atoms with van der Waals surface area (Å²) in [6, 6.07) is 9.27.